The van der Waals surface area contributed by atoms with E-state index in [-0.39, 0.29) is 5.41 Å². The Hall–Kier alpha value is -9.05. The Balaban J connectivity index is 1.09. The summed E-state index contributed by atoms with van der Waals surface area (Å²) < 4.78 is 5.91. The zero-order valence-electron chi connectivity index (χ0n) is 43.6. The highest BCUT2D eigenvalue weighted by molar-refractivity contribution is 6.06. The van der Waals surface area contributed by atoms with E-state index < -0.39 is 0 Å². The van der Waals surface area contributed by atoms with Crippen LogP contribution in [0.3, 0.4) is 0 Å². The lowest BCUT2D eigenvalue weighted by molar-refractivity contribution is 0.415. The minimum atomic E-state index is -0.144. The third kappa shape index (κ3) is 10.2. The summed E-state index contributed by atoms with van der Waals surface area (Å²) in [7, 11) is 1.74. The van der Waals surface area contributed by atoms with Crippen LogP contribution in [-0.4, -0.2) is 12.1 Å². The van der Waals surface area contributed by atoms with Crippen molar-refractivity contribution < 1.29 is 4.74 Å². The van der Waals surface area contributed by atoms with Crippen LogP contribution in [-0.2, 0) is 5.41 Å². The second kappa shape index (κ2) is 20.8. The van der Waals surface area contributed by atoms with Gasteiger partial charge in [-0.15, -0.1) is 0 Å². The van der Waals surface area contributed by atoms with Gasteiger partial charge in [-0.05, 0) is 162 Å². The van der Waals surface area contributed by atoms with Crippen LogP contribution in [0.2, 0.25) is 0 Å². The van der Waals surface area contributed by atoms with Gasteiger partial charge in [0, 0.05) is 29.2 Å². The van der Waals surface area contributed by atoms with Crippen LogP contribution >= 0.6 is 0 Å². The van der Waals surface area contributed by atoms with E-state index in [1.807, 2.05) is 18.5 Å². The van der Waals surface area contributed by atoms with Gasteiger partial charge in [-0.3, -0.25) is 4.98 Å². The molecule has 1 heterocycles. The van der Waals surface area contributed by atoms with Crippen LogP contribution in [0.1, 0.15) is 70.8 Å². The molecule has 0 bridgehead atoms. The molecule has 10 aromatic carbocycles. The van der Waals surface area contributed by atoms with E-state index in [1.54, 1.807) is 7.11 Å². The van der Waals surface area contributed by atoms with Crippen molar-refractivity contribution in [3.8, 4) is 16.9 Å². The normalized spacial score (nSPS) is 11.9. The first-order valence-corrected chi connectivity index (χ1v) is 25.9. The molecule has 11 aromatic rings. The fourth-order valence-electron chi connectivity index (χ4n) is 10.3. The fourth-order valence-corrected chi connectivity index (χ4v) is 10.3. The Morgan fingerprint density at radius 1 is 0.507 bits per heavy atom. The molecular formula is C72H60N2O. The number of benzene rings is 10. The largest absolute Gasteiger partial charge is 0.497 e. The SMILES string of the molecule is COc1cc(/C(=C\C=C\c2ccc(N(c3ccc(-c4cccnc4)cc3)c3cc(C=C(c4ccc(C)cc4)c4ccc(C)cc4)cc(C(C)(C)C)c3)c3ccccc23)c2cccc3ccccc23)c2ccccc2c1. The van der Waals surface area contributed by atoms with Gasteiger partial charge in [0.2, 0.25) is 0 Å². The van der Waals surface area contributed by atoms with Crippen molar-refractivity contribution in [2.75, 3.05) is 12.0 Å². The number of methoxy groups -OCH3 is 1. The number of nitrogens with zero attached hydrogens (tertiary/aromatic N) is 2. The summed E-state index contributed by atoms with van der Waals surface area (Å²) in [6, 6.07) is 79.4. The summed E-state index contributed by atoms with van der Waals surface area (Å²) in [5, 5.41) is 7.00. The lowest BCUT2D eigenvalue weighted by Crippen LogP contribution is -2.15. The molecule has 3 nitrogen and oxygen atoms in total. The van der Waals surface area contributed by atoms with E-state index in [1.165, 1.54) is 49.5 Å². The number of fused-ring (bicyclic) bond motifs is 3. The molecule has 0 spiro atoms. The van der Waals surface area contributed by atoms with Crippen molar-refractivity contribution in [3.63, 3.8) is 0 Å². The van der Waals surface area contributed by atoms with Crippen molar-refractivity contribution in [3.05, 3.63) is 293 Å². The first-order valence-electron chi connectivity index (χ1n) is 25.9. The van der Waals surface area contributed by atoms with Gasteiger partial charge in [0.15, 0.2) is 0 Å². The number of hydrogen-bond donors (Lipinski definition) is 0. The average Bonchev–Trinajstić information content (AvgIpc) is 3.44. The standard InChI is InChI=1S/C72H60N2O/c1-49-27-31-55(32-28-49)69(56-33-29-50(2)30-34-56)44-51-42-59(72(3,4)5)46-61(43-51)74(60-38-35-52(36-39-60)58-20-15-41-73-48-58)71-40-37-54(64-22-11-12-24-68(64)71)19-14-26-67(66-25-13-18-53-16-7-9-21-63(53)66)70-47-62(75-6)45-57-17-8-10-23-65(57)70/h7-48H,1-6H3/b19-14+,67-26-. The number of pyridine rings is 1. The van der Waals surface area contributed by atoms with E-state index >= 15 is 0 Å². The second-order valence-corrected chi connectivity index (χ2v) is 20.6. The van der Waals surface area contributed by atoms with E-state index in [0.29, 0.717) is 0 Å². The summed E-state index contributed by atoms with van der Waals surface area (Å²) in [4.78, 5) is 6.88. The van der Waals surface area contributed by atoms with Crippen LogP contribution in [0.5, 0.6) is 5.75 Å². The number of anilines is 3. The average molecular weight is 969 g/mol. The third-order valence-corrected chi connectivity index (χ3v) is 14.4. The van der Waals surface area contributed by atoms with Crippen LogP contribution in [0, 0.1) is 13.8 Å². The zero-order chi connectivity index (χ0) is 51.5. The Kier molecular flexibility index (Phi) is 13.4. The molecule has 0 aliphatic rings. The summed E-state index contributed by atoms with van der Waals surface area (Å²) in [6.07, 6.45) is 12.9. The van der Waals surface area contributed by atoms with Gasteiger partial charge in [0.1, 0.15) is 5.75 Å². The molecule has 0 fully saturated rings. The van der Waals surface area contributed by atoms with E-state index in [9.17, 15) is 0 Å². The molecule has 0 aliphatic heterocycles. The predicted octanol–water partition coefficient (Wildman–Crippen LogP) is 19.3. The lowest BCUT2D eigenvalue weighted by Gasteiger charge is -2.30. The summed E-state index contributed by atoms with van der Waals surface area (Å²) >= 11 is 0. The fraction of sp³-hybridized carbons (Fsp3) is 0.0972. The van der Waals surface area contributed by atoms with Crippen LogP contribution in [0.4, 0.5) is 17.1 Å². The van der Waals surface area contributed by atoms with Gasteiger partial charge in [0.05, 0.1) is 12.8 Å². The first kappa shape index (κ1) is 48.2. The number of ether oxygens (including phenoxy) is 1. The maximum Gasteiger partial charge on any atom is 0.120 e. The van der Waals surface area contributed by atoms with Gasteiger partial charge in [-0.2, -0.15) is 0 Å². The molecular weight excluding hydrogens is 909 g/mol. The molecule has 11 rings (SSSR count). The maximum atomic E-state index is 5.91. The van der Waals surface area contributed by atoms with E-state index in [0.717, 1.165) is 77.9 Å². The highest BCUT2D eigenvalue weighted by atomic mass is 16.5. The summed E-state index contributed by atoms with van der Waals surface area (Å²) in [5.41, 5.74) is 18.2. The molecule has 0 N–H and O–H groups in total. The van der Waals surface area contributed by atoms with Crippen molar-refractivity contribution in [2.24, 2.45) is 0 Å². The molecule has 0 amide bonds. The molecule has 0 aliphatic carbocycles. The van der Waals surface area contributed by atoms with Crippen LogP contribution in [0.25, 0.3) is 66.7 Å². The molecule has 0 saturated carbocycles. The molecule has 364 valence electrons. The van der Waals surface area contributed by atoms with Crippen molar-refractivity contribution in [2.45, 2.75) is 40.0 Å². The highest BCUT2D eigenvalue weighted by Crippen LogP contribution is 2.44. The van der Waals surface area contributed by atoms with Crippen molar-refractivity contribution in [1.82, 2.24) is 4.98 Å². The van der Waals surface area contributed by atoms with Crippen molar-refractivity contribution >= 4 is 72.7 Å². The summed E-state index contributed by atoms with van der Waals surface area (Å²) in [5.74, 6) is 0.825. The number of aromatic nitrogens is 1. The number of aryl methyl sites for hydroxylation is 2. The van der Waals surface area contributed by atoms with Crippen LogP contribution in [0.15, 0.2) is 243 Å². The Morgan fingerprint density at radius 2 is 1.15 bits per heavy atom. The quantitative estimate of drug-likeness (QED) is 0.0901. The molecule has 3 heteroatoms. The molecule has 0 saturated heterocycles. The minimum absolute atomic E-state index is 0.144. The van der Waals surface area contributed by atoms with Crippen LogP contribution < -0.4 is 9.64 Å². The molecule has 0 radical (unpaired) electrons. The molecule has 0 atom stereocenters. The number of hydrogen-bond acceptors (Lipinski definition) is 3. The second-order valence-electron chi connectivity index (χ2n) is 20.6. The van der Waals surface area contributed by atoms with Gasteiger partial charge in [-0.25, -0.2) is 0 Å². The Morgan fingerprint density at radius 3 is 1.81 bits per heavy atom. The third-order valence-electron chi connectivity index (χ3n) is 14.4. The Bertz CT molecular complexity index is 3900. The first-order chi connectivity index (χ1) is 36.6. The lowest BCUT2D eigenvalue weighted by atomic mass is 9.85. The van der Waals surface area contributed by atoms with E-state index in [4.69, 9.17) is 4.74 Å². The van der Waals surface area contributed by atoms with Crippen molar-refractivity contribution in [1.29, 1.82) is 0 Å². The van der Waals surface area contributed by atoms with E-state index in [2.05, 4.69) is 281 Å². The predicted molar refractivity (Wildman–Crippen MR) is 320 cm³/mol. The molecule has 1 aromatic heterocycles. The maximum absolute atomic E-state index is 5.91. The zero-order valence-corrected chi connectivity index (χ0v) is 43.6. The monoisotopic (exact) mass is 968 g/mol. The molecule has 0 unspecified atom stereocenters. The smallest absolute Gasteiger partial charge is 0.120 e. The van der Waals surface area contributed by atoms with Gasteiger partial charge in [0.25, 0.3) is 0 Å². The highest BCUT2D eigenvalue weighted by Gasteiger charge is 2.22. The van der Waals surface area contributed by atoms with Gasteiger partial charge >= 0.3 is 0 Å². The summed E-state index contributed by atoms with van der Waals surface area (Å²) in [6.45, 7) is 11.2. The topological polar surface area (TPSA) is 25.4 Å². The Labute approximate surface area is 442 Å². The van der Waals surface area contributed by atoms with Gasteiger partial charge in [-0.1, -0.05) is 220 Å². The molecule has 75 heavy (non-hydrogen) atoms. The minimum Gasteiger partial charge on any atom is -0.497 e. The number of rotatable bonds is 12. The van der Waals surface area contributed by atoms with Gasteiger partial charge < -0.3 is 9.64 Å². The number of allylic oxidation sites excluding steroid dienone is 2.